The second-order valence-electron chi connectivity index (χ2n) is 6.86. The summed E-state index contributed by atoms with van der Waals surface area (Å²) in [5, 5.41) is 0. The van der Waals surface area contributed by atoms with Gasteiger partial charge in [-0.1, -0.05) is 24.3 Å². The predicted octanol–water partition coefficient (Wildman–Crippen LogP) is 3.76. The van der Waals surface area contributed by atoms with Gasteiger partial charge in [0.1, 0.15) is 11.5 Å². The molecule has 0 N–H and O–H groups in total. The molecule has 0 aliphatic heterocycles. The predicted molar refractivity (Wildman–Crippen MR) is 117 cm³/mol. The summed E-state index contributed by atoms with van der Waals surface area (Å²) < 4.78 is 21.1. The van der Waals surface area contributed by atoms with Crippen LogP contribution >= 0.6 is 0 Å². The molecule has 1 atom stereocenters. The lowest BCUT2D eigenvalue weighted by Gasteiger charge is -2.31. The highest BCUT2D eigenvalue weighted by atomic mass is 16.5. The number of hydrogen-bond donors (Lipinski definition) is 0. The van der Waals surface area contributed by atoms with E-state index in [0.29, 0.717) is 12.3 Å². The van der Waals surface area contributed by atoms with Gasteiger partial charge in [-0.25, -0.2) is 0 Å². The van der Waals surface area contributed by atoms with Gasteiger partial charge in [-0.15, -0.1) is 0 Å². The van der Waals surface area contributed by atoms with E-state index < -0.39 is 6.04 Å². The van der Waals surface area contributed by atoms with Gasteiger partial charge in [0.2, 0.25) is 0 Å². The number of ether oxygens (including phenoxy) is 4. The van der Waals surface area contributed by atoms with Gasteiger partial charge in [-0.3, -0.25) is 14.5 Å². The zero-order valence-corrected chi connectivity index (χ0v) is 18.6. The maximum Gasteiger partial charge on any atom is 0.320 e. The summed E-state index contributed by atoms with van der Waals surface area (Å²) in [7, 11) is 3.20. The van der Waals surface area contributed by atoms with E-state index in [9.17, 15) is 9.59 Å². The van der Waals surface area contributed by atoms with Crippen LogP contribution in [0.4, 0.5) is 0 Å². The van der Waals surface area contributed by atoms with Crippen LogP contribution in [0.3, 0.4) is 0 Å². The largest absolute Gasteiger partial charge is 0.497 e. The number of carbonyl (C=O) groups is 2. The molecule has 0 aromatic heterocycles. The molecular weight excluding hydrogens is 398 g/mol. The van der Waals surface area contributed by atoms with Crippen molar-refractivity contribution in [3.05, 3.63) is 59.7 Å². The summed E-state index contributed by atoms with van der Waals surface area (Å²) in [4.78, 5) is 26.8. The van der Waals surface area contributed by atoms with Crippen molar-refractivity contribution in [1.82, 2.24) is 4.90 Å². The van der Waals surface area contributed by atoms with Crippen LogP contribution in [0.15, 0.2) is 48.5 Å². The molecule has 0 radical (unpaired) electrons. The van der Waals surface area contributed by atoms with Gasteiger partial charge in [0.05, 0.1) is 40.4 Å². The maximum atomic E-state index is 12.4. The van der Waals surface area contributed by atoms with Gasteiger partial charge < -0.3 is 18.9 Å². The highest BCUT2D eigenvalue weighted by Gasteiger charge is 2.27. The number of nitrogens with zero attached hydrogens (tertiary/aromatic N) is 1. The minimum absolute atomic E-state index is 0.0202. The van der Waals surface area contributed by atoms with Crippen molar-refractivity contribution in [3.63, 3.8) is 0 Å². The summed E-state index contributed by atoms with van der Waals surface area (Å²) in [5.41, 5.74) is 1.79. The van der Waals surface area contributed by atoms with Gasteiger partial charge in [0.25, 0.3) is 0 Å². The van der Waals surface area contributed by atoms with Crippen LogP contribution in [-0.2, 0) is 25.6 Å². The number of methoxy groups -OCH3 is 2. The fourth-order valence-corrected chi connectivity index (χ4v) is 3.34. The summed E-state index contributed by atoms with van der Waals surface area (Å²) in [6.07, 6.45) is 0.0877. The minimum Gasteiger partial charge on any atom is -0.497 e. The molecule has 0 aliphatic rings. The lowest BCUT2D eigenvalue weighted by molar-refractivity contribution is -0.149. The Balaban J connectivity index is 2.43. The maximum absolute atomic E-state index is 12.4. The Bertz CT molecular complexity index is 853. The van der Waals surface area contributed by atoms with E-state index in [2.05, 4.69) is 0 Å². The van der Waals surface area contributed by atoms with Crippen LogP contribution in [0.5, 0.6) is 11.5 Å². The molecule has 0 fully saturated rings. The molecule has 0 bridgehead atoms. The first kappa shape index (κ1) is 24.2. The molecule has 0 saturated heterocycles. The third-order valence-corrected chi connectivity index (χ3v) is 4.74. The highest BCUT2D eigenvalue weighted by molar-refractivity contribution is 5.73. The van der Waals surface area contributed by atoms with Gasteiger partial charge >= 0.3 is 11.9 Å². The third-order valence-electron chi connectivity index (χ3n) is 4.74. The van der Waals surface area contributed by atoms with Crippen molar-refractivity contribution in [2.75, 3.05) is 34.0 Å². The third kappa shape index (κ3) is 7.61. The van der Waals surface area contributed by atoms with Crippen molar-refractivity contribution in [1.29, 1.82) is 0 Å². The Labute approximate surface area is 183 Å². The molecule has 168 valence electrons. The fraction of sp³-hybridized carbons (Fsp3) is 0.417. The van der Waals surface area contributed by atoms with E-state index in [-0.39, 0.29) is 38.1 Å². The molecule has 31 heavy (non-hydrogen) atoms. The second-order valence-corrected chi connectivity index (χ2v) is 6.86. The molecule has 2 aromatic carbocycles. The Hall–Kier alpha value is -3.06. The lowest BCUT2D eigenvalue weighted by atomic mass is 10.0. The topological polar surface area (TPSA) is 74.3 Å². The van der Waals surface area contributed by atoms with E-state index >= 15 is 0 Å². The first-order chi connectivity index (χ1) is 15.0. The molecule has 7 nitrogen and oxygen atoms in total. The lowest BCUT2D eigenvalue weighted by Crippen LogP contribution is -2.35. The number of esters is 2. The van der Waals surface area contributed by atoms with E-state index in [0.717, 1.165) is 16.9 Å². The number of rotatable bonds is 12. The summed E-state index contributed by atoms with van der Waals surface area (Å²) in [5.74, 6) is 0.692. The molecule has 0 amide bonds. The van der Waals surface area contributed by atoms with Crippen molar-refractivity contribution in [2.24, 2.45) is 0 Å². The van der Waals surface area contributed by atoms with E-state index in [4.69, 9.17) is 18.9 Å². The average molecular weight is 430 g/mol. The monoisotopic (exact) mass is 429 g/mol. The molecule has 2 aromatic rings. The van der Waals surface area contributed by atoms with Crippen molar-refractivity contribution >= 4 is 11.9 Å². The van der Waals surface area contributed by atoms with Crippen LogP contribution in [0.25, 0.3) is 0 Å². The molecule has 0 aliphatic carbocycles. The van der Waals surface area contributed by atoms with E-state index in [1.807, 2.05) is 53.4 Å². The molecule has 7 heteroatoms. The molecule has 1 unspecified atom stereocenters. The van der Waals surface area contributed by atoms with Crippen molar-refractivity contribution in [2.45, 2.75) is 32.9 Å². The molecule has 2 rings (SSSR count). The van der Waals surface area contributed by atoms with Crippen molar-refractivity contribution in [3.8, 4) is 11.5 Å². The van der Waals surface area contributed by atoms with Crippen LogP contribution in [0.1, 0.15) is 37.4 Å². The second kappa shape index (κ2) is 12.6. The van der Waals surface area contributed by atoms with E-state index in [1.54, 1.807) is 28.1 Å². The average Bonchev–Trinajstić information content (AvgIpc) is 2.77. The first-order valence-electron chi connectivity index (χ1n) is 10.3. The summed E-state index contributed by atoms with van der Waals surface area (Å²) in [6, 6.07) is 14.7. The molecular formula is C24H31NO6. The van der Waals surface area contributed by atoms with Gasteiger partial charge in [0, 0.05) is 12.6 Å². The first-order valence-corrected chi connectivity index (χ1v) is 10.3. The van der Waals surface area contributed by atoms with Gasteiger partial charge in [0.15, 0.2) is 0 Å². The molecule has 0 heterocycles. The molecule has 0 saturated carbocycles. The molecule has 0 spiro atoms. The zero-order valence-electron chi connectivity index (χ0n) is 18.6. The van der Waals surface area contributed by atoms with Crippen LogP contribution in [-0.4, -0.2) is 50.8 Å². The smallest absolute Gasteiger partial charge is 0.320 e. The number of carbonyl (C=O) groups excluding carboxylic acids is 2. The summed E-state index contributed by atoms with van der Waals surface area (Å²) >= 11 is 0. The fourth-order valence-electron chi connectivity index (χ4n) is 3.34. The Morgan fingerprint density at radius 3 is 2.13 bits per heavy atom. The Kier molecular flexibility index (Phi) is 9.84. The SMILES string of the molecule is CCOC(=O)CC(c1cccc(OC)c1)N(CC(=O)OCC)Cc1cccc(OC)c1. The van der Waals surface area contributed by atoms with Gasteiger partial charge in [-0.05, 0) is 49.2 Å². The summed E-state index contributed by atoms with van der Waals surface area (Å²) in [6.45, 7) is 4.54. The van der Waals surface area contributed by atoms with Gasteiger partial charge in [-0.2, -0.15) is 0 Å². The van der Waals surface area contributed by atoms with Crippen LogP contribution in [0.2, 0.25) is 0 Å². The quantitative estimate of drug-likeness (QED) is 0.476. The standard InChI is InChI=1S/C24H31NO6/c1-5-30-23(26)15-22(19-10-8-12-21(14-19)29-4)25(17-24(27)31-6-2)16-18-9-7-11-20(13-18)28-3/h7-14,22H,5-6,15-17H2,1-4H3. The Morgan fingerprint density at radius 2 is 1.48 bits per heavy atom. The number of benzene rings is 2. The van der Waals surface area contributed by atoms with E-state index in [1.165, 1.54) is 0 Å². The highest BCUT2D eigenvalue weighted by Crippen LogP contribution is 2.30. The Morgan fingerprint density at radius 1 is 0.871 bits per heavy atom. The zero-order chi connectivity index (χ0) is 22.6. The van der Waals surface area contributed by atoms with Crippen molar-refractivity contribution < 1.29 is 28.5 Å². The minimum atomic E-state index is -0.412. The number of hydrogen-bond acceptors (Lipinski definition) is 7. The van der Waals surface area contributed by atoms with Crippen LogP contribution < -0.4 is 9.47 Å². The normalized spacial score (nSPS) is 11.6. The van der Waals surface area contributed by atoms with Crippen LogP contribution in [0, 0.1) is 0 Å².